The zero-order valence-corrected chi connectivity index (χ0v) is 14.6. The Morgan fingerprint density at radius 3 is 2.60 bits per heavy atom. The van der Waals surface area contributed by atoms with Crippen LogP contribution in [0.15, 0.2) is 48.5 Å². The zero-order chi connectivity index (χ0) is 17.8. The first-order valence-corrected chi connectivity index (χ1v) is 8.36. The summed E-state index contributed by atoms with van der Waals surface area (Å²) >= 11 is 6.14. The van der Waals surface area contributed by atoms with Gasteiger partial charge in [0.2, 0.25) is 5.91 Å². The fourth-order valence-electron chi connectivity index (χ4n) is 2.68. The minimum atomic E-state index is -0.0775. The molecule has 0 unspecified atom stereocenters. The number of nitrogens with one attached hydrogen (secondary N) is 2. The fraction of sp³-hybridized carbons (Fsp3) is 0.158. The van der Waals surface area contributed by atoms with Crippen molar-refractivity contribution in [3.63, 3.8) is 0 Å². The average Bonchev–Trinajstić information content (AvgIpc) is 2.59. The maximum Gasteiger partial charge on any atom is 0.221 e. The van der Waals surface area contributed by atoms with Gasteiger partial charge in [-0.25, -0.2) is 4.98 Å². The van der Waals surface area contributed by atoms with Gasteiger partial charge < -0.3 is 16.4 Å². The van der Waals surface area contributed by atoms with Crippen LogP contribution in [0.3, 0.4) is 0 Å². The highest BCUT2D eigenvalue weighted by Gasteiger charge is 2.10. The number of carbonyl (C=O) groups is 1. The Kier molecular flexibility index (Phi) is 5.05. The summed E-state index contributed by atoms with van der Waals surface area (Å²) in [7, 11) is 0. The van der Waals surface area contributed by atoms with E-state index in [1.165, 1.54) is 6.92 Å². The van der Waals surface area contributed by atoms with E-state index < -0.39 is 0 Å². The van der Waals surface area contributed by atoms with Crippen molar-refractivity contribution in [1.29, 1.82) is 0 Å². The molecule has 2 aromatic carbocycles. The van der Waals surface area contributed by atoms with Crippen LogP contribution in [0.25, 0.3) is 10.9 Å². The molecule has 3 aromatic rings. The van der Waals surface area contributed by atoms with Gasteiger partial charge in [-0.2, -0.15) is 0 Å². The number of nitrogens with two attached hydrogens (primary N) is 1. The first-order valence-electron chi connectivity index (χ1n) is 7.98. The lowest BCUT2D eigenvalue weighted by atomic mass is 10.1. The SMILES string of the molecule is CC(=O)Nc1ccc(CCNc2c(N)c(Cl)nc3ccccc23)cc1. The van der Waals surface area contributed by atoms with E-state index in [0.29, 0.717) is 17.4 Å². The van der Waals surface area contributed by atoms with Gasteiger partial charge in [0.15, 0.2) is 5.15 Å². The molecule has 0 bridgehead atoms. The maximum atomic E-state index is 11.0. The second kappa shape index (κ2) is 7.40. The van der Waals surface area contributed by atoms with Gasteiger partial charge in [-0.15, -0.1) is 0 Å². The van der Waals surface area contributed by atoms with Gasteiger partial charge in [0.1, 0.15) is 0 Å². The normalized spacial score (nSPS) is 10.6. The molecule has 128 valence electrons. The molecular weight excluding hydrogens is 336 g/mol. The molecule has 0 aliphatic heterocycles. The fourth-order valence-corrected chi connectivity index (χ4v) is 2.86. The summed E-state index contributed by atoms with van der Waals surface area (Å²) in [6, 6.07) is 15.5. The molecule has 6 heteroatoms. The molecule has 0 aliphatic carbocycles. The highest BCUT2D eigenvalue weighted by Crippen LogP contribution is 2.33. The Morgan fingerprint density at radius 2 is 1.88 bits per heavy atom. The summed E-state index contributed by atoms with van der Waals surface area (Å²) in [5, 5.41) is 7.38. The number of nitrogens with zero attached hydrogens (tertiary/aromatic N) is 1. The number of pyridine rings is 1. The van der Waals surface area contributed by atoms with Gasteiger partial charge in [0, 0.05) is 24.5 Å². The van der Waals surface area contributed by atoms with Gasteiger partial charge >= 0.3 is 0 Å². The predicted octanol–water partition coefficient (Wildman–Crippen LogP) is 4.08. The number of benzene rings is 2. The van der Waals surface area contributed by atoms with Crippen molar-refractivity contribution in [1.82, 2.24) is 4.98 Å². The number of amides is 1. The number of fused-ring (bicyclic) bond motifs is 1. The van der Waals surface area contributed by atoms with Gasteiger partial charge in [-0.1, -0.05) is 41.9 Å². The van der Waals surface area contributed by atoms with E-state index in [-0.39, 0.29) is 5.91 Å². The van der Waals surface area contributed by atoms with Gasteiger partial charge in [0.05, 0.1) is 16.9 Å². The van der Waals surface area contributed by atoms with E-state index in [0.717, 1.165) is 34.3 Å². The summed E-state index contributed by atoms with van der Waals surface area (Å²) in [4.78, 5) is 15.3. The summed E-state index contributed by atoms with van der Waals surface area (Å²) < 4.78 is 0. The minimum Gasteiger partial charge on any atom is -0.395 e. The van der Waals surface area contributed by atoms with Crippen LogP contribution in [0, 0.1) is 0 Å². The van der Waals surface area contributed by atoms with Crippen LogP contribution in [0.1, 0.15) is 12.5 Å². The Bertz CT molecular complexity index is 909. The molecule has 0 saturated carbocycles. The molecule has 0 fully saturated rings. The number of nitrogen functional groups attached to an aromatic ring is 1. The molecule has 1 heterocycles. The molecule has 3 rings (SSSR count). The van der Waals surface area contributed by atoms with Gasteiger partial charge in [0.25, 0.3) is 0 Å². The third kappa shape index (κ3) is 4.00. The molecule has 5 nitrogen and oxygen atoms in total. The molecule has 1 amide bonds. The minimum absolute atomic E-state index is 0.0775. The van der Waals surface area contributed by atoms with E-state index in [4.69, 9.17) is 17.3 Å². The molecule has 0 saturated heterocycles. The van der Waals surface area contributed by atoms with Crippen LogP contribution in [0.5, 0.6) is 0 Å². The van der Waals surface area contributed by atoms with Crippen LogP contribution >= 0.6 is 11.6 Å². The van der Waals surface area contributed by atoms with Crippen molar-refractivity contribution in [2.75, 3.05) is 22.9 Å². The Labute approximate surface area is 151 Å². The molecule has 0 atom stereocenters. The number of halogens is 1. The molecule has 1 aromatic heterocycles. The van der Waals surface area contributed by atoms with Crippen LogP contribution in [-0.4, -0.2) is 17.4 Å². The summed E-state index contributed by atoms with van der Waals surface area (Å²) in [6.45, 7) is 2.19. The number of aromatic nitrogens is 1. The van der Waals surface area contributed by atoms with Crippen molar-refractivity contribution in [3.8, 4) is 0 Å². The summed E-state index contributed by atoms with van der Waals surface area (Å²) in [6.07, 6.45) is 0.814. The van der Waals surface area contributed by atoms with Gasteiger partial charge in [-0.05, 0) is 30.2 Å². The topological polar surface area (TPSA) is 80.0 Å². The lowest BCUT2D eigenvalue weighted by molar-refractivity contribution is -0.114. The van der Waals surface area contributed by atoms with Crippen LogP contribution in [0.4, 0.5) is 17.1 Å². The lowest BCUT2D eigenvalue weighted by Gasteiger charge is -2.13. The van der Waals surface area contributed by atoms with Crippen molar-refractivity contribution < 1.29 is 4.79 Å². The van der Waals surface area contributed by atoms with Crippen molar-refractivity contribution >= 4 is 45.5 Å². The van der Waals surface area contributed by atoms with E-state index >= 15 is 0 Å². The van der Waals surface area contributed by atoms with E-state index in [1.54, 1.807) is 0 Å². The molecule has 0 spiro atoms. The molecule has 25 heavy (non-hydrogen) atoms. The summed E-state index contributed by atoms with van der Waals surface area (Å²) in [5.74, 6) is -0.0775. The standard InChI is InChI=1S/C19H19ClN4O/c1-12(25)23-14-8-6-13(7-9-14)10-11-22-18-15-4-2-3-5-16(15)24-19(20)17(18)21/h2-9H,10-11,21H2,1H3,(H,22,24)(H,23,25). The monoisotopic (exact) mass is 354 g/mol. The molecule has 0 aliphatic rings. The maximum absolute atomic E-state index is 11.0. The number of rotatable bonds is 5. The third-order valence-corrected chi connectivity index (χ3v) is 4.16. The van der Waals surface area contributed by atoms with Crippen LogP contribution < -0.4 is 16.4 Å². The number of hydrogen-bond donors (Lipinski definition) is 3. The quantitative estimate of drug-likeness (QED) is 0.603. The molecule has 4 N–H and O–H groups in total. The Morgan fingerprint density at radius 1 is 1.16 bits per heavy atom. The number of carbonyl (C=O) groups excluding carboxylic acids is 1. The van der Waals surface area contributed by atoms with Crippen molar-refractivity contribution in [2.24, 2.45) is 0 Å². The highest BCUT2D eigenvalue weighted by molar-refractivity contribution is 6.33. The van der Waals surface area contributed by atoms with E-state index in [2.05, 4.69) is 15.6 Å². The number of hydrogen-bond acceptors (Lipinski definition) is 4. The first-order chi connectivity index (χ1) is 12.0. The first kappa shape index (κ1) is 17.0. The number of anilines is 3. The van der Waals surface area contributed by atoms with Crippen LogP contribution in [-0.2, 0) is 11.2 Å². The lowest BCUT2D eigenvalue weighted by Crippen LogP contribution is -2.09. The van der Waals surface area contributed by atoms with E-state index in [1.807, 2.05) is 48.5 Å². The zero-order valence-electron chi connectivity index (χ0n) is 13.8. The van der Waals surface area contributed by atoms with Gasteiger partial charge in [-0.3, -0.25) is 4.79 Å². The molecular formula is C19H19ClN4O. The second-order valence-corrected chi connectivity index (χ2v) is 6.12. The Balaban J connectivity index is 1.71. The van der Waals surface area contributed by atoms with E-state index in [9.17, 15) is 4.79 Å². The average molecular weight is 355 g/mol. The van der Waals surface area contributed by atoms with Crippen molar-refractivity contribution in [3.05, 3.63) is 59.2 Å². The largest absolute Gasteiger partial charge is 0.395 e. The highest BCUT2D eigenvalue weighted by atomic mass is 35.5. The summed E-state index contributed by atoms with van der Waals surface area (Å²) in [5.41, 5.74) is 10.1. The third-order valence-electron chi connectivity index (χ3n) is 3.87. The van der Waals surface area contributed by atoms with Crippen molar-refractivity contribution in [2.45, 2.75) is 13.3 Å². The smallest absolute Gasteiger partial charge is 0.221 e. The number of para-hydroxylation sites is 1. The second-order valence-electron chi connectivity index (χ2n) is 5.76. The predicted molar refractivity (Wildman–Crippen MR) is 104 cm³/mol. The Hall–Kier alpha value is -2.79. The molecule has 0 radical (unpaired) electrons. The van der Waals surface area contributed by atoms with Crippen LogP contribution in [0.2, 0.25) is 5.15 Å².